The molecule has 1 N–H and O–H groups in total. The van der Waals surface area contributed by atoms with Crippen LogP contribution >= 0.6 is 11.3 Å². The Kier molecular flexibility index (Phi) is 3.33. The average Bonchev–Trinajstić information content (AvgIpc) is 2.98. The first-order chi connectivity index (χ1) is 12.1. The van der Waals surface area contributed by atoms with Crippen molar-refractivity contribution in [1.82, 2.24) is 19.9 Å². The number of rotatable bonds is 3. The van der Waals surface area contributed by atoms with Gasteiger partial charge in [0.15, 0.2) is 5.82 Å². The van der Waals surface area contributed by atoms with Crippen LogP contribution in [0, 0.1) is 24.2 Å². The van der Waals surface area contributed by atoms with Crippen LogP contribution in [0.15, 0.2) is 6.33 Å². The molecule has 7 heteroatoms. The van der Waals surface area contributed by atoms with E-state index >= 15 is 0 Å². The highest BCUT2D eigenvalue weighted by Gasteiger charge is 2.54. The van der Waals surface area contributed by atoms with E-state index in [2.05, 4.69) is 32.1 Å². The highest BCUT2D eigenvalue weighted by molar-refractivity contribution is 7.18. The van der Waals surface area contributed by atoms with Gasteiger partial charge in [-0.1, -0.05) is 24.7 Å². The van der Waals surface area contributed by atoms with E-state index in [1.54, 1.807) is 17.7 Å². The normalized spacial score (nSPS) is 29.8. The van der Waals surface area contributed by atoms with Crippen LogP contribution in [-0.2, 0) is 4.79 Å². The van der Waals surface area contributed by atoms with E-state index in [1.807, 2.05) is 6.92 Å². The molecule has 1 unspecified atom stereocenters. The van der Waals surface area contributed by atoms with Crippen molar-refractivity contribution in [3.63, 3.8) is 0 Å². The van der Waals surface area contributed by atoms with Crippen LogP contribution in [0.2, 0.25) is 0 Å². The number of amides is 1. The Morgan fingerprint density at radius 2 is 2.20 bits per heavy atom. The summed E-state index contributed by atoms with van der Waals surface area (Å²) in [4.78, 5) is 29.1. The van der Waals surface area contributed by atoms with Crippen LogP contribution in [-0.4, -0.2) is 44.9 Å². The fourth-order valence-corrected chi connectivity index (χ4v) is 5.26. The first-order valence-electron chi connectivity index (χ1n) is 9.19. The highest BCUT2D eigenvalue weighted by atomic mass is 32.1. The zero-order chi connectivity index (χ0) is 17.2. The van der Waals surface area contributed by atoms with Gasteiger partial charge in [-0.3, -0.25) is 4.79 Å². The monoisotopic (exact) mass is 357 g/mol. The molecule has 132 valence electrons. The van der Waals surface area contributed by atoms with Crippen LogP contribution in [0.3, 0.4) is 0 Å². The summed E-state index contributed by atoms with van der Waals surface area (Å²) in [6, 6.07) is 0.263. The maximum atomic E-state index is 12.7. The number of carbonyl (C=O) groups is 1. The van der Waals surface area contributed by atoms with Crippen molar-refractivity contribution in [2.75, 3.05) is 18.4 Å². The molecule has 3 atom stereocenters. The van der Waals surface area contributed by atoms with Crippen molar-refractivity contribution < 1.29 is 4.79 Å². The lowest BCUT2D eigenvalue weighted by Gasteiger charge is -2.42. The molecule has 3 aliphatic rings. The van der Waals surface area contributed by atoms with Gasteiger partial charge in [-0.25, -0.2) is 15.0 Å². The van der Waals surface area contributed by atoms with Gasteiger partial charge in [-0.2, -0.15) is 0 Å². The van der Waals surface area contributed by atoms with Gasteiger partial charge in [0.2, 0.25) is 5.91 Å². The SMILES string of the molecule is Cc1nc2c(NC3CN(C(=O)[C@H]4C[C@@H]4C)CC34CCC4)ncnc2s1. The van der Waals surface area contributed by atoms with E-state index in [9.17, 15) is 4.79 Å². The van der Waals surface area contributed by atoms with Gasteiger partial charge < -0.3 is 10.2 Å². The molecule has 25 heavy (non-hydrogen) atoms. The number of nitrogens with one attached hydrogen (secondary N) is 1. The molecule has 6 nitrogen and oxygen atoms in total. The van der Waals surface area contributed by atoms with Crippen molar-refractivity contribution in [3.05, 3.63) is 11.3 Å². The summed E-state index contributed by atoms with van der Waals surface area (Å²) in [7, 11) is 0. The molecule has 2 saturated carbocycles. The summed E-state index contributed by atoms with van der Waals surface area (Å²) in [5.41, 5.74) is 1.08. The summed E-state index contributed by atoms with van der Waals surface area (Å²) in [5.74, 6) is 2.01. The first kappa shape index (κ1) is 15.5. The lowest BCUT2D eigenvalue weighted by atomic mass is 9.65. The summed E-state index contributed by atoms with van der Waals surface area (Å²) >= 11 is 1.59. The minimum Gasteiger partial charge on any atom is -0.363 e. The Morgan fingerprint density at radius 3 is 2.88 bits per heavy atom. The fraction of sp³-hybridized carbons (Fsp3) is 0.667. The molecular formula is C18H23N5OS. The number of likely N-dealkylation sites (tertiary alicyclic amines) is 1. The first-order valence-corrected chi connectivity index (χ1v) is 10.0. The summed E-state index contributed by atoms with van der Waals surface area (Å²) in [5, 5.41) is 4.65. The number of carbonyl (C=O) groups excluding carboxylic acids is 1. The molecule has 0 radical (unpaired) electrons. The fourth-order valence-electron chi connectivity index (χ4n) is 4.50. The van der Waals surface area contributed by atoms with E-state index in [-0.39, 0.29) is 17.4 Å². The van der Waals surface area contributed by atoms with Crippen LogP contribution < -0.4 is 5.32 Å². The average molecular weight is 357 g/mol. The minimum absolute atomic E-state index is 0.218. The van der Waals surface area contributed by atoms with E-state index < -0.39 is 0 Å². The molecule has 5 rings (SSSR count). The molecule has 1 aliphatic heterocycles. The number of fused-ring (bicyclic) bond motifs is 1. The second kappa shape index (κ2) is 5.37. The zero-order valence-corrected chi connectivity index (χ0v) is 15.5. The van der Waals surface area contributed by atoms with Crippen LogP contribution in [0.1, 0.15) is 37.6 Å². The smallest absolute Gasteiger partial charge is 0.226 e. The molecule has 2 aromatic rings. The number of hydrogen-bond acceptors (Lipinski definition) is 6. The molecule has 3 fully saturated rings. The minimum atomic E-state index is 0.218. The molecule has 1 amide bonds. The van der Waals surface area contributed by atoms with E-state index in [4.69, 9.17) is 0 Å². The molecule has 0 aromatic carbocycles. The van der Waals surface area contributed by atoms with E-state index in [0.29, 0.717) is 11.8 Å². The third kappa shape index (κ3) is 2.43. The Hall–Kier alpha value is -1.76. The second-order valence-electron chi connectivity index (χ2n) is 8.06. The van der Waals surface area contributed by atoms with Crippen LogP contribution in [0.5, 0.6) is 0 Å². The molecule has 1 saturated heterocycles. The molecular weight excluding hydrogens is 334 g/mol. The molecule has 0 bridgehead atoms. The lowest BCUT2D eigenvalue weighted by Crippen LogP contribution is -2.45. The lowest BCUT2D eigenvalue weighted by molar-refractivity contribution is -0.132. The third-order valence-corrected chi connectivity index (χ3v) is 7.23. The molecule has 2 aliphatic carbocycles. The quantitative estimate of drug-likeness (QED) is 0.915. The Bertz CT molecular complexity index is 845. The zero-order valence-electron chi connectivity index (χ0n) is 14.7. The molecule has 2 aromatic heterocycles. The predicted molar refractivity (Wildman–Crippen MR) is 97.5 cm³/mol. The van der Waals surface area contributed by atoms with Crippen molar-refractivity contribution in [1.29, 1.82) is 0 Å². The van der Waals surface area contributed by atoms with Gasteiger partial charge in [0.05, 0.1) is 11.0 Å². The van der Waals surface area contributed by atoms with Gasteiger partial charge in [-0.15, -0.1) is 0 Å². The predicted octanol–water partition coefficient (Wildman–Crippen LogP) is 2.84. The highest BCUT2D eigenvalue weighted by Crippen LogP contribution is 2.50. The summed E-state index contributed by atoms with van der Waals surface area (Å²) in [6.07, 6.45) is 6.32. The number of hydrogen-bond donors (Lipinski definition) is 1. The van der Waals surface area contributed by atoms with Crippen molar-refractivity contribution in [3.8, 4) is 0 Å². The van der Waals surface area contributed by atoms with Crippen molar-refractivity contribution in [2.45, 2.75) is 45.6 Å². The Labute approximate surface area is 151 Å². The second-order valence-corrected chi connectivity index (χ2v) is 9.24. The number of aryl methyl sites for hydroxylation is 1. The summed E-state index contributed by atoms with van der Waals surface area (Å²) < 4.78 is 0. The number of aromatic nitrogens is 3. The number of nitrogens with zero attached hydrogens (tertiary/aromatic N) is 4. The standard InChI is InChI=1S/C18H23N5OS/c1-10-6-12(10)17(24)23-7-13(18(8-23)4-3-5-18)22-15-14-16(20-9-19-15)25-11(2)21-14/h9-10,12-13H,3-8H2,1-2H3,(H,19,20,22)/t10-,12-,13?/m0/s1. The van der Waals surface area contributed by atoms with Gasteiger partial charge in [-0.05, 0) is 32.1 Å². The topological polar surface area (TPSA) is 71.0 Å². The number of anilines is 1. The molecule has 1 spiro atoms. The summed E-state index contributed by atoms with van der Waals surface area (Å²) in [6.45, 7) is 5.86. The van der Waals surface area contributed by atoms with Gasteiger partial charge in [0, 0.05) is 24.4 Å². The van der Waals surface area contributed by atoms with Gasteiger partial charge in [0.1, 0.15) is 16.7 Å². The Morgan fingerprint density at radius 1 is 1.40 bits per heavy atom. The Balaban J connectivity index is 1.41. The van der Waals surface area contributed by atoms with Crippen molar-refractivity contribution >= 4 is 33.4 Å². The largest absolute Gasteiger partial charge is 0.363 e. The maximum Gasteiger partial charge on any atom is 0.226 e. The van der Waals surface area contributed by atoms with Crippen molar-refractivity contribution in [2.24, 2.45) is 17.3 Å². The van der Waals surface area contributed by atoms with Crippen LogP contribution in [0.25, 0.3) is 10.3 Å². The maximum absolute atomic E-state index is 12.7. The van der Waals surface area contributed by atoms with Gasteiger partial charge >= 0.3 is 0 Å². The third-order valence-electron chi connectivity index (χ3n) is 6.35. The van der Waals surface area contributed by atoms with E-state index in [0.717, 1.165) is 40.7 Å². The van der Waals surface area contributed by atoms with Gasteiger partial charge in [0.25, 0.3) is 0 Å². The number of thiazole rings is 1. The molecule has 3 heterocycles. The van der Waals surface area contributed by atoms with E-state index in [1.165, 1.54) is 19.3 Å². The van der Waals surface area contributed by atoms with Crippen LogP contribution in [0.4, 0.5) is 5.82 Å².